The van der Waals surface area contributed by atoms with Crippen LogP contribution in [0, 0.1) is 0 Å². The SMILES string of the molecule is C[C@H](NC(=O)[C@@H](N)CS)C(=O)NCC(=O)N[C@@H](CCCCN)C(=O)N[C@@H](CCCN=C(N)N)C(=O)N[C@@H](CCCCN)C(=O)N[C@@H](CO)C(=O)NCC(=O)O. The summed E-state index contributed by atoms with van der Waals surface area (Å²) in [5, 5.41) is 35.3. The Hall–Kier alpha value is -4.78. The fraction of sp³-hybridized carbons (Fsp3) is 0.710. The fourth-order valence-electron chi connectivity index (χ4n) is 4.63. The largest absolute Gasteiger partial charge is 0.480 e. The van der Waals surface area contributed by atoms with Gasteiger partial charge in [0.15, 0.2) is 5.96 Å². The zero-order valence-electron chi connectivity index (χ0n) is 31.0. The Kier molecular flexibility index (Phi) is 26.1. The molecule has 24 heteroatoms. The van der Waals surface area contributed by atoms with Crippen LogP contribution in [0.25, 0.3) is 0 Å². The van der Waals surface area contributed by atoms with E-state index in [1.807, 2.05) is 5.32 Å². The molecule has 0 bridgehead atoms. The number of aliphatic hydroxyl groups is 1. The number of rotatable bonds is 29. The minimum absolute atomic E-state index is 0.0338. The van der Waals surface area contributed by atoms with Crippen LogP contribution in [-0.4, -0.2) is 145 Å². The topological polar surface area (TPSA) is 404 Å². The van der Waals surface area contributed by atoms with Crippen LogP contribution in [0.2, 0.25) is 0 Å². The van der Waals surface area contributed by atoms with E-state index in [-0.39, 0.29) is 50.5 Å². The smallest absolute Gasteiger partial charge is 0.322 e. The van der Waals surface area contributed by atoms with Gasteiger partial charge in [0.25, 0.3) is 0 Å². The number of aliphatic imine (C=N–C) groups is 1. The Morgan fingerprint density at radius 3 is 1.56 bits per heavy atom. The summed E-state index contributed by atoms with van der Waals surface area (Å²) in [5.74, 6) is -7.06. The zero-order valence-corrected chi connectivity index (χ0v) is 31.9. The van der Waals surface area contributed by atoms with E-state index in [0.717, 1.165) is 0 Å². The molecule has 6 atom stereocenters. The monoisotopic (exact) mass is 805 g/mol. The van der Waals surface area contributed by atoms with Gasteiger partial charge in [0, 0.05) is 12.3 Å². The van der Waals surface area contributed by atoms with Crippen molar-refractivity contribution in [2.24, 2.45) is 33.7 Å². The highest BCUT2D eigenvalue weighted by atomic mass is 32.1. The average Bonchev–Trinajstić information content (AvgIpc) is 3.14. The number of nitrogens with zero attached hydrogens (tertiary/aromatic N) is 1. The molecule has 0 aliphatic heterocycles. The fourth-order valence-corrected chi connectivity index (χ4v) is 4.79. The van der Waals surface area contributed by atoms with E-state index in [1.165, 1.54) is 6.92 Å². The molecule has 0 aliphatic carbocycles. The van der Waals surface area contributed by atoms with Crippen LogP contribution >= 0.6 is 12.6 Å². The summed E-state index contributed by atoms with van der Waals surface area (Å²) in [7, 11) is 0. The van der Waals surface area contributed by atoms with Gasteiger partial charge in [-0.15, -0.1) is 0 Å². The second-order valence-corrected chi connectivity index (χ2v) is 12.7. The molecule has 0 saturated heterocycles. The van der Waals surface area contributed by atoms with Gasteiger partial charge in [0.2, 0.25) is 41.4 Å². The molecule has 0 radical (unpaired) electrons. The zero-order chi connectivity index (χ0) is 41.9. The quantitative estimate of drug-likeness (QED) is 0.0145. The maximum atomic E-state index is 13.7. The summed E-state index contributed by atoms with van der Waals surface area (Å²) in [5.41, 5.74) is 27.6. The minimum Gasteiger partial charge on any atom is -0.480 e. The highest BCUT2D eigenvalue weighted by Gasteiger charge is 2.31. The summed E-state index contributed by atoms with van der Waals surface area (Å²) in [6.45, 7) is -0.201. The van der Waals surface area contributed by atoms with Gasteiger partial charge in [-0.1, -0.05) is 0 Å². The van der Waals surface area contributed by atoms with Crippen molar-refractivity contribution in [3.63, 3.8) is 0 Å². The molecule has 0 unspecified atom stereocenters. The van der Waals surface area contributed by atoms with Gasteiger partial charge in [-0.2, -0.15) is 12.6 Å². The van der Waals surface area contributed by atoms with Gasteiger partial charge in [-0.25, -0.2) is 0 Å². The number of thiol groups is 1. The van der Waals surface area contributed by atoms with Crippen molar-refractivity contribution in [3.8, 4) is 0 Å². The summed E-state index contributed by atoms with van der Waals surface area (Å²) in [6.07, 6.45) is 1.97. The molecular formula is C31H59N13O10S. The molecule has 0 heterocycles. The maximum absolute atomic E-state index is 13.7. The summed E-state index contributed by atoms with van der Waals surface area (Å²) in [4.78, 5) is 105. The third kappa shape index (κ3) is 22.3. The average molecular weight is 806 g/mol. The first-order valence-corrected chi connectivity index (χ1v) is 18.3. The van der Waals surface area contributed by atoms with E-state index in [9.17, 15) is 43.5 Å². The second-order valence-electron chi connectivity index (χ2n) is 12.4. The third-order valence-electron chi connectivity index (χ3n) is 7.69. The van der Waals surface area contributed by atoms with Gasteiger partial charge in [-0.05, 0) is 71.4 Å². The van der Waals surface area contributed by atoms with Gasteiger partial charge in [0.1, 0.15) is 36.8 Å². The normalized spacial score (nSPS) is 14.0. The molecule has 55 heavy (non-hydrogen) atoms. The molecule has 19 N–H and O–H groups in total. The van der Waals surface area contributed by atoms with Crippen LogP contribution < -0.4 is 65.9 Å². The molecule has 0 fully saturated rings. The first-order chi connectivity index (χ1) is 26.0. The van der Waals surface area contributed by atoms with Gasteiger partial charge in [-0.3, -0.25) is 43.3 Å². The van der Waals surface area contributed by atoms with E-state index >= 15 is 0 Å². The number of nitrogens with two attached hydrogens (primary N) is 5. The van der Waals surface area contributed by atoms with E-state index in [1.54, 1.807) is 0 Å². The molecule has 0 saturated carbocycles. The predicted molar refractivity (Wildman–Crippen MR) is 204 cm³/mol. The number of hydrogen-bond acceptors (Lipinski definition) is 14. The second kappa shape index (κ2) is 28.6. The van der Waals surface area contributed by atoms with E-state index in [0.29, 0.717) is 32.2 Å². The van der Waals surface area contributed by atoms with Crippen molar-refractivity contribution in [1.82, 2.24) is 37.2 Å². The minimum atomic E-state index is -1.54. The van der Waals surface area contributed by atoms with Crippen molar-refractivity contribution in [2.75, 3.05) is 45.1 Å². The van der Waals surface area contributed by atoms with Crippen molar-refractivity contribution in [2.45, 2.75) is 94.5 Å². The van der Waals surface area contributed by atoms with Gasteiger partial charge >= 0.3 is 5.97 Å². The van der Waals surface area contributed by atoms with Crippen molar-refractivity contribution in [3.05, 3.63) is 0 Å². The predicted octanol–water partition coefficient (Wildman–Crippen LogP) is -6.69. The van der Waals surface area contributed by atoms with Crippen LogP contribution in [-0.2, 0) is 38.4 Å². The molecule has 23 nitrogen and oxygen atoms in total. The summed E-state index contributed by atoms with van der Waals surface area (Å²) >= 11 is 3.94. The summed E-state index contributed by atoms with van der Waals surface area (Å²) < 4.78 is 0. The first kappa shape index (κ1) is 50.2. The molecule has 314 valence electrons. The van der Waals surface area contributed by atoms with Crippen molar-refractivity contribution < 1.29 is 48.6 Å². The van der Waals surface area contributed by atoms with Crippen LogP contribution in [0.15, 0.2) is 4.99 Å². The lowest BCUT2D eigenvalue weighted by Crippen LogP contribution is -2.59. The summed E-state index contributed by atoms with van der Waals surface area (Å²) in [6, 6.07) is -7.33. The lowest BCUT2D eigenvalue weighted by atomic mass is 10.0. The number of aliphatic carboxylic acids is 1. The molecule has 0 spiro atoms. The number of guanidine groups is 1. The standard InChI is InChI=1S/C31H59N13O10S/c1-17(40-26(50)18(34)16-55)25(49)38-13-23(46)41-19(7-2-4-10-32)28(52)43-21(9-6-12-37-31(35)36)29(53)42-20(8-3-5-11-33)30(54)44-22(15-45)27(51)39-14-24(47)48/h17-22,45,55H,2-16,32-34H2,1H3,(H,38,49)(H,39,51)(H,40,50)(H,41,46)(H,42,53)(H,43,52)(H,44,54)(H,47,48)(H4,35,36,37)/t17-,18-,19-,20-,21-,22-/m0/s1. The number of carboxylic acids is 1. The first-order valence-electron chi connectivity index (χ1n) is 17.7. The molecular weight excluding hydrogens is 746 g/mol. The molecule has 0 aromatic rings. The van der Waals surface area contributed by atoms with Crippen LogP contribution in [0.5, 0.6) is 0 Å². The van der Waals surface area contributed by atoms with Crippen LogP contribution in [0.4, 0.5) is 0 Å². The van der Waals surface area contributed by atoms with Crippen molar-refractivity contribution >= 4 is 65.9 Å². The van der Waals surface area contributed by atoms with E-state index < -0.39 is 103 Å². The van der Waals surface area contributed by atoms with Gasteiger partial charge in [0.05, 0.1) is 19.2 Å². The molecule has 7 amide bonds. The molecule has 0 aromatic heterocycles. The molecule has 0 aliphatic rings. The highest BCUT2D eigenvalue weighted by Crippen LogP contribution is 2.08. The number of amides is 7. The highest BCUT2D eigenvalue weighted by molar-refractivity contribution is 7.80. The Morgan fingerprint density at radius 1 is 0.636 bits per heavy atom. The third-order valence-corrected chi connectivity index (χ3v) is 8.09. The Balaban J connectivity index is 6.06. The van der Waals surface area contributed by atoms with Gasteiger partial charge < -0.3 is 76.1 Å². The molecule has 0 rings (SSSR count). The lowest BCUT2D eigenvalue weighted by molar-refractivity contribution is -0.139. The Bertz CT molecular complexity index is 1310. The number of nitrogens with one attached hydrogen (secondary N) is 7. The lowest BCUT2D eigenvalue weighted by Gasteiger charge is -2.26. The number of aliphatic hydroxyl groups excluding tert-OH is 1. The maximum Gasteiger partial charge on any atom is 0.322 e. The van der Waals surface area contributed by atoms with Crippen molar-refractivity contribution in [1.29, 1.82) is 0 Å². The number of carbonyl (C=O) groups excluding carboxylic acids is 7. The number of carboxylic acid groups (broad SMARTS) is 1. The van der Waals surface area contributed by atoms with Crippen LogP contribution in [0.1, 0.15) is 58.3 Å². The molecule has 0 aromatic carbocycles. The van der Waals surface area contributed by atoms with E-state index in [2.05, 4.69) is 49.5 Å². The van der Waals surface area contributed by atoms with E-state index in [4.69, 9.17) is 33.8 Å². The number of carbonyl (C=O) groups is 8. The Labute approximate surface area is 324 Å². The van der Waals surface area contributed by atoms with Crippen LogP contribution in [0.3, 0.4) is 0 Å². The number of hydrogen-bond donors (Lipinski definition) is 15. The Morgan fingerprint density at radius 2 is 1.11 bits per heavy atom. The number of unbranched alkanes of at least 4 members (excludes halogenated alkanes) is 2.